The number of hydrogen-bond acceptors (Lipinski definition) is 3. The molecule has 1 aromatic rings. The first-order valence-corrected chi connectivity index (χ1v) is 7.42. The Morgan fingerprint density at radius 3 is 2.86 bits per heavy atom. The average molecular weight is 293 g/mol. The van der Waals surface area contributed by atoms with Crippen LogP contribution >= 0.6 is 0 Å². The topological polar surface area (TPSA) is 38.8 Å². The van der Waals surface area contributed by atoms with Gasteiger partial charge in [-0.15, -0.1) is 0 Å². The number of ether oxygens (including phenoxy) is 2. The standard InChI is InChI=1S/C16H20FNO3/c1-20-15-5-4-12(8-14(15)17)16(19)18-7-6-13(9-18)21-10-11-2-3-11/h4-5,8,11,13H,2-3,6-7,9-10H2,1H3. The molecule has 0 spiro atoms. The zero-order valence-corrected chi connectivity index (χ0v) is 12.2. The molecule has 5 heteroatoms. The summed E-state index contributed by atoms with van der Waals surface area (Å²) in [6.45, 7) is 2.07. The van der Waals surface area contributed by atoms with Crippen LogP contribution in [-0.4, -0.2) is 43.7 Å². The molecule has 0 radical (unpaired) electrons. The Hall–Kier alpha value is -1.62. The number of hydrogen-bond donors (Lipinski definition) is 0. The highest BCUT2D eigenvalue weighted by Crippen LogP contribution is 2.30. The Labute approximate surface area is 123 Å². The van der Waals surface area contributed by atoms with Gasteiger partial charge < -0.3 is 14.4 Å². The minimum atomic E-state index is -0.510. The molecule has 0 aromatic heterocycles. The van der Waals surface area contributed by atoms with Crippen LogP contribution in [0, 0.1) is 11.7 Å². The predicted octanol–water partition coefficient (Wildman–Crippen LogP) is 2.48. The van der Waals surface area contributed by atoms with Crippen molar-refractivity contribution >= 4 is 5.91 Å². The Kier molecular flexibility index (Phi) is 4.10. The molecule has 21 heavy (non-hydrogen) atoms. The van der Waals surface area contributed by atoms with E-state index in [1.807, 2.05) is 0 Å². The van der Waals surface area contributed by atoms with Crippen molar-refractivity contribution in [1.29, 1.82) is 0 Å². The molecule has 4 nitrogen and oxygen atoms in total. The molecule has 3 rings (SSSR count). The van der Waals surface area contributed by atoms with Crippen LogP contribution in [0.1, 0.15) is 29.6 Å². The molecule has 1 heterocycles. The first-order valence-electron chi connectivity index (χ1n) is 7.42. The zero-order valence-electron chi connectivity index (χ0n) is 12.2. The van der Waals surface area contributed by atoms with Crippen molar-refractivity contribution in [1.82, 2.24) is 4.90 Å². The summed E-state index contributed by atoms with van der Waals surface area (Å²) < 4.78 is 24.3. The van der Waals surface area contributed by atoms with Gasteiger partial charge in [-0.05, 0) is 43.4 Å². The molecule has 1 saturated carbocycles. The highest BCUT2D eigenvalue weighted by Gasteiger charge is 2.30. The molecule has 2 fully saturated rings. The van der Waals surface area contributed by atoms with Crippen molar-refractivity contribution in [2.75, 3.05) is 26.8 Å². The summed E-state index contributed by atoms with van der Waals surface area (Å²) in [5, 5.41) is 0. The Bertz CT molecular complexity index is 530. The van der Waals surface area contributed by atoms with Crippen molar-refractivity contribution in [3.63, 3.8) is 0 Å². The van der Waals surface area contributed by atoms with Crippen LogP contribution < -0.4 is 4.74 Å². The average Bonchev–Trinajstić information content (AvgIpc) is 3.21. The van der Waals surface area contributed by atoms with Crippen LogP contribution in [0.3, 0.4) is 0 Å². The summed E-state index contributed by atoms with van der Waals surface area (Å²) in [7, 11) is 1.40. The maximum atomic E-state index is 13.7. The van der Waals surface area contributed by atoms with Gasteiger partial charge in [0.2, 0.25) is 0 Å². The molecule has 114 valence electrons. The van der Waals surface area contributed by atoms with Gasteiger partial charge in [0, 0.05) is 25.3 Å². The third-order valence-corrected chi connectivity index (χ3v) is 4.10. The fourth-order valence-corrected chi connectivity index (χ4v) is 2.59. The van der Waals surface area contributed by atoms with E-state index in [0.29, 0.717) is 18.7 Å². The highest BCUT2D eigenvalue weighted by atomic mass is 19.1. The van der Waals surface area contributed by atoms with Gasteiger partial charge in [0.25, 0.3) is 5.91 Å². The minimum Gasteiger partial charge on any atom is -0.494 e. The molecule has 1 atom stereocenters. The normalized spacial score (nSPS) is 21.6. The fraction of sp³-hybridized carbons (Fsp3) is 0.562. The molecular formula is C16H20FNO3. The van der Waals surface area contributed by atoms with Gasteiger partial charge >= 0.3 is 0 Å². The molecule has 1 aliphatic heterocycles. The molecule has 1 aliphatic carbocycles. The van der Waals surface area contributed by atoms with Crippen LogP contribution in [0.5, 0.6) is 5.75 Å². The number of methoxy groups -OCH3 is 1. The Balaban J connectivity index is 1.58. The molecule has 1 amide bonds. The summed E-state index contributed by atoms with van der Waals surface area (Å²) in [4.78, 5) is 14.1. The summed E-state index contributed by atoms with van der Waals surface area (Å²) in [5.74, 6) is 0.224. The lowest BCUT2D eigenvalue weighted by Crippen LogP contribution is -2.30. The monoisotopic (exact) mass is 293 g/mol. The predicted molar refractivity (Wildman–Crippen MR) is 75.9 cm³/mol. The van der Waals surface area contributed by atoms with E-state index in [9.17, 15) is 9.18 Å². The summed E-state index contributed by atoms with van der Waals surface area (Å²) >= 11 is 0. The number of nitrogens with zero attached hydrogens (tertiary/aromatic N) is 1. The second-order valence-corrected chi connectivity index (χ2v) is 5.79. The van der Waals surface area contributed by atoms with Crippen molar-refractivity contribution in [3.8, 4) is 5.75 Å². The van der Waals surface area contributed by atoms with Crippen LogP contribution in [0.15, 0.2) is 18.2 Å². The minimum absolute atomic E-state index is 0.123. The van der Waals surface area contributed by atoms with E-state index in [1.165, 1.54) is 32.1 Å². The second kappa shape index (κ2) is 6.02. The van der Waals surface area contributed by atoms with Crippen molar-refractivity contribution in [3.05, 3.63) is 29.6 Å². The van der Waals surface area contributed by atoms with E-state index in [1.54, 1.807) is 11.0 Å². The lowest BCUT2D eigenvalue weighted by molar-refractivity contribution is 0.0480. The van der Waals surface area contributed by atoms with E-state index < -0.39 is 5.82 Å². The molecule has 1 aromatic carbocycles. The van der Waals surface area contributed by atoms with Gasteiger partial charge in [0.05, 0.1) is 13.2 Å². The number of benzene rings is 1. The van der Waals surface area contributed by atoms with Crippen molar-refractivity contribution < 1.29 is 18.7 Å². The quantitative estimate of drug-likeness (QED) is 0.837. The molecule has 0 bridgehead atoms. The van der Waals surface area contributed by atoms with E-state index in [0.717, 1.165) is 18.9 Å². The fourth-order valence-electron chi connectivity index (χ4n) is 2.59. The number of halogens is 1. The van der Waals surface area contributed by atoms with Gasteiger partial charge in [0.1, 0.15) is 0 Å². The maximum absolute atomic E-state index is 13.7. The number of rotatable bonds is 5. The number of carbonyl (C=O) groups excluding carboxylic acids is 1. The number of likely N-dealkylation sites (tertiary alicyclic amines) is 1. The lowest BCUT2D eigenvalue weighted by atomic mass is 10.2. The lowest BCUT2D eigenvalue weighted by Gasteiger charge is -2.17. The number of carbonyl (C=O) groups is 1. The summed E-state index contributed by atoms with van der Waals surface area (Å²) in [5.41, 5.74) is 0.358. The molecule has 2 aliphatic rings. The first-order chi connectivity index (χ1) is 10.2. The molecular weight excluding hydrogens is 273 g/mol. The summed E-state index contributed by atoms with van der Waals surface area (Å²) in [6.07, 6.45) is 3.51. The first kappa shape index (κ1) is 14.3. The van der Waals surface area contributed by atoms with Crippen LogP contribution in [0.4, 0.5) is 4.39 Å². The Morgan fingerprint density at radius 2 is 2.19 bits per heavy atom. The largest absolute Gasteiger partial charge is 0.494 e. The molecule has 1 saturated heterocycles. The third kappa shape index (κ3) is 3.35. The van der Waals surface area contributed by atoms with E-state index in [2.05, 4.69) is 0 Å². The third-order valence-electron chi connectivity index (χ3n) is 4.10. The maximum Gasteiger partial charge on any atom is 0.254 e. The van der Waals surface area contributed by atoms with E-state index in [4.69, 9.17) is 9.47 Å². The summed E-state index contributed by atoms with van der Waals surface area (Å²) in [6, 6.07) is 4.32. The SMILES string of the molecule is COc1ccc(C(=O)N2CCC(OCC3CC3)C2)cc1F. The number of amides is 1. The van der Waals surface area contributed by atoms with Crippen LogP contribution in [-0.2, 0) is 4.74 Å². The van der Waals surface area contributed by atoms with Gasteiger partial charge in [-0.25, -0.2) is 4.39 Å². The Morgan fingerprint density at radius 1 is 1.38 bits per heavy atom. The van der Waals surface area contributed by atoms with E-state index in [-0.39, 0.29) is 17.8 Å². The zero-order chi connectivity index (χ0) is 14.8. The second-order valence-electron chi connectivity index (χ2n) is 5.79. The molecule has 0 N–H and O–H groups in total. The van der Waals surface area contributed by atoms with E-state index >= 15 is 0 Å². The smallest absolute Gasteiger partial charge is 0.254 e. The van der Waals surface area contributed by atoms with Gasteiger partial charge in [0.15, 0.2) is 11.6 Å². The van der Waals surface area contributed by atoms with Crippen LogP contribution in [0.25, 0.3) is 0 Å². The van der Waals surface area contributed by atoms with Gasteiger partial charge in [-0.3, -0.25) is 4.79 Å². The highest BCUT2D eigenvalue weighted by molar-refractivity contribution is 5.94. The molecule has 1 unspecified atom stereocenters. The van der Waals surface area contributed by atoms with Gasteiger partial charge in [-0.1, -0.05) is 0 Å². The van der Waals surface area contributed by atoms with Gasteiger partial charge in [-0.2, -0.15) is 0 Å². The van der Waals surface area contributed by atoms with Crippen molar-refractivity contribution in [2.45, 2.75) is 25.4 Å². The van der Waals surface area contributed by atoms with Crippen LogP contribution in [0.2, 0.25) is 0 Å². The van der Waals surface area contributed by atoms with Crippen molar-refractivity contribution in [2.24, 2.45) is 5.92 Å².